The van der Waals surface area contributed by atoms with E-state index in [1.54, 1.807) is 14.0 Å². The van der Waals surface area contributed by atoms with E-state index in [1.807, 2.05) is 0 Å². The molecule has 1 unspecified atom stereocenters. The highest BCUT2D eigenvalue weighted by Gasteiger charge is 2.21. The van der Waals surface area contributed by atoms with Crippen molar-refractivity contribution in [3.8, 4) is 0 Å². The predicted octanol–water partition coefficient (Wildman–Crippen LogP) is 0.528. The van der Waals surface area contributed by atoms with E-state index in [0.717, 1.165) is 0 Å². The van der Waals surface area contributed by atoms with Gasteiger partial charge in [-0.2, -0.15) is 4.98 Å². The quantitative estimate of drug-likeness (QED) is 0.509. The van der Waals surface area contributed by atoms with Crippen molar-refractivity contribution in [1.29, 1.82) is 0 Å². The van der Waals surface area contributed by atoms with Crippen molar-refractivity contribution in [2.24, 2.45) is 0 Å². The first-order chi connectivity index (χ1) is 7.95. The van der Waals surface area contributed by atoms with Crippen molar-refractivity contribution in [1.82, 2.24) is 9.97 Å². The van der Waals surface area contributed by atoms with Crippen LogP contribution >= 0.6 is 0 Å². The lowest BCUT2D eigenvalue weighted by atomic mass is 10.3. The largest absolute Gasteiger partial charge is 0.392 e. The molecule has 0 spiro atoms. The number of aryl methyl sites for hydroxylation is 1. The summed E-state index contributed by atoms with van der Waals surface area (Å²) >= 11 is 0. The zero-order valence-corrected chi connectivity index (χ0v) is 9.89. The van der Waals surface area contributed by atoms with Crippen LogP contribution in [0, 0.1) is 17.0 Å². The first kappa shape index (κ1) is 13.1. The minimum absolute atomic E-state index is 0.104. The molecule has 1 atom stereocenters. The Kier molecular flexibility index (Phi) is 4.16. The number of aromatic nitrogens is 2. The highest BCUT2D eigenvalue weighted by molar-refractivity contribution is 5.60. The summed E-state index contributed by atoms with van der Waals surface area (Å²) in [6.45, 7) is 3.29. The van der Waals surface area contributed by atoms with Crippen LogP contribution in [0.15, 0.2) is 0 Å². The third-order valence-electron chi connectivity index (χ3n) is 2.03. The molecule has 0 aliphatic rings. The van der Waals surface area contributed by atoms with Crippen molar-refractivity contribution >= 4 is 17.5 Å². The lowest BCUT2D eigenvalue weighted by molar-refractivity contribution is -0.385. The molecule has 0 radical (unpaired) electrons. The SMILES string of the molecule is CNc1nc(C)c([N+](=O)[O-])c(NCC(C)O)n1. The number of anilines is 2. The normalized spacial score (nSPS) is 12.0. The lowest BCUT2D eigenvalue weighted by Crippen LogP contribution is -2.18. The van der Waals surface area contributed by atoms with Gasteiger partial charge in [-0.25, -0.2) is 4.98 Å². The number of aliphatic hydroxyl groups excluding tert-OH is 1. The average molecular weight is 241 g/mol. The van der Waals surface area contributed by atoms with Crippen molar-refractivity contribution in [2.75, 3.05) is 24.2 Å². The molecule has 0 saturated carbocycles. The molecule has 0 aliphatic heterocycles. The second-order valence-corrected chi connectivity index (χ2v) is 3.57. The van der Waals surface area contributed by atoms with E-state index in [9.17, 15) is 10.1 Å². The predicted molar refractivity (Wildman–Crippen MR) is 63.1 cm³/mol. The molecule has 0 aliphatic carbocycles. The Balaban J connectivity index is 3.13. The summed E-state index contributed by atoms with van der Waals surface area (Å²) in [6, 6.07) is 0. The first-order valence-electron chi connectivity index (χ1n) is 5.08. The molecular weight excluding hydrogens is 226 g/mol. The lowest BCUT2D eigenvalue weighted by Gasteiger charge is -2.10. The molecular formula is C9H15N5O3. The van der Waals surface area contributed by atoms with E-state index in [2.05, 4.69) is 20.6 Å². The van der Waals surface area contributed by atoms with Crippen molar-refractivity contribution < 1.29 is 10.0 Å². The van der Waals surface area contributed by atoms with Gasteiger partial charge in [0.2, 0.25) is 11.8 Å². The van der Waals surface area contributed by atoms with E-state index in [0.29, 0.717) is 5.95 Å². The molecule has 1 heterocycles. The van der Waals surface area contributed by atoms with Gasteiger partial charge in [-0.1, -0.05) is 0 Å². The van der Waals surface area contributed by atoms with Gasteiger partial charge < -0.3 is 15.7 Å². The van der Waals surface area contributed by atoms with Crippen molar-refractivity contribution in [3.05, 3.63) is 15.8 Å². The van der Waals surface area contributed by atoms with Crippen LogP contribution in [-0.2, 0) is 0 Å². The Morgan fingerprint density at radius 2 is 2.18 bits per heavy atom. The van der Waals surface area contributed by atoms with Gasteiger partial charge >= 0.3 is 5.69 Å². The van der Waals surface area contributed by atoms with E-state index < -0.39 is 11.0 Å². The number of nitro groups is 1. The number of hydrogen-bond acceptors (Lipinski definition) is 7. The van der Waals surface area contributed by atoms with Crippen LogP contribution in [0.1, 0.15) is 12.6 Å². The summed E-state index contributed by atoms with van der Waals surface area (Å²) in [6.07, 6.45) is -0.622. The monoisotopic (exact) mass is 241 g/mol. The van der Waals surface area contributed by atoms with Crippen molar-refractivity contribution in [3.63, 3.8) is 0 Å². The second-order valence-electron chi connectivity index (χ2n) is 3.57. The number of nitrogens with one attached hydrogen (secondary N) is 2. The number of aliphatic hydroxyl groups is 1. The first-order valence-corrected chi connectivity index (χ1v) is 5.08. The minimum Gasteiger partial charge on any atom is -0.392 e. The summed E-state index contributed by atoms with van der Waals surface area (Å²) in [5.74, 6) is 0.397. The van der Waals surface area contributed by atoms with Gasteiger partial charge in [-0.3, -0.25) is 10.1 Å². The molecule has 0 bridgehead atoms. The number of rotatable bonds is 5. The maximum Gasteiger partial charge on any atom is 0.332 e. The molecule has 0 saturated heterocycles. The summed E-state index contributed by atoms with van der Waals surface area (Å²) in [4.78, 5) is 18.2. The van der Waals surface area contributed by atoms with Crippen LogP contribution in [-0.4, -0.2) is 39.7 Å². The smallest absolute Gasteiger partial charge is 0.332 e. The van der Waals surface area contributed by atoms with Crippen molar-refractivity contribution in [2.45, 2.75) is 20.0 Å². The van der Waals surface area contributed by atoms with Gasteiger partial charge in [0.1, 0.15) is 5.69 Å². The van der Waals surface area contributed by atoms with E-state index >= 15 is 0 Å². The summed E-state index contributed by atoms with van der Waals surface area (Å²) in [5.41, 5.74) is 0.0899. The van der Waals surface area contributed by atoms with Gasteiger partial charge in [-0.15, -0.1) is 0 Å². The van der Waals surface area contributed by atoms with Gasteiger partial charge in [0.25, 0.3) is 0 Å². The third kappa shape index (κ3) is 3.25. The Morgan fingerprint density at radius 3 is 2.65 bits per heavy atom. The summed E-state index contributed by atoms with van der Waals surface area (Å²) in [5, 5.41) is 25.5. The Labute approximate surface area is 98.2 Å². The van der Waals surface area contributed by atoms with Crippen LogP contribution < -0.4 is 10.6 Å². The molecule has 17 heavy (non-hydrogen) atoms. The van der Waals surface area contributed by atoms with Gasteiger partial charge in [-0.05, 0) is 13.8 Å². The second kappa shape index (κ2) is 5.39. The zero-order chi connectivity index (χ0) is 13.0. The average Bonchev–Trinajstić information content (AvgIpc) is 2.24. The van der Waals surface area contributed by atoms with E-state index in [-0.39, 0.29) is 23.7 Å². The van der Waals surface area contributed by atoms with E-state index in [1.165, 1.54) is 6.92 Å². The third-order valence-corrected chi connectivity index (χ3v) is 2.03. The molecule has 8 heteroatoms. The van der Waals surface area contributed by atoms with E-state index in [4.69, 9.17) is 5.11 Å². The van der Waals surface area contributed by atoms with Crippen LogP contribution in [0.2, 0.25) is 0 Å². The fraction of sp³-hybridized carbons (Fsp3) is 0.556. The highest BCUT2D eigenvalue weighted by Crippen LogP contribution is 2.26. The maximum absolute atomic E-state index is 10.9. The number of nitrogens with zero attached hydrogens (tertiary/aromatic N) is 3. The Bertz CT molecular complexity index is 421. The zero-order valence-electron chi connectivity index (χ0n) is 9.89. The summed E-state index contributed by atoms with van der Waals surface area (Å²) < 4.78 is 0. The van der Waals surface area contributed by atoms with Crippen LogP contribution in [0.4, 0.5) is 17.5 Å². The molecule has 1 rings (SSSR count). The molecule has 8 nitrogen and oxygen atoms in total. The summed E-state index contributed by atoms with van der Waals surface area (Å²) in [7, 11) is 1.62. The minimum atomic E-state index is -0.622. The maximum atomic E-state index is 10.9. The van der Waals surface area contributed by atoms with Gasteiger partial charge in [0, 0.05) is 13.6 Å². The molecule has 1 aromatic heterocycles. The number of hydrogen-bond donors (Lipinski definition) is 3. The molecule has 94 valence electrons. The Hall–Kier alpha value is -1.96. The van der Waals surface area contributed by atoms with Gasteiger partial charge in [0.15, 0.2) is 0 Å². The Morgan fingerprint density at radius 1 is 1.53 bits per heavy atom. The topological polar surface area (TPSA) is 113 Å². The molecule has 0 aromatic carbocycles. The van der Waals surface area contributed by atoms with Crippen LogP contribution in [0.25, 0.3) is 0 Å². The standard InChI is InChI=1S/C9H15N5O3/c1-5(15)4-11-8-7(14(16)17)6(2)12-9(10-3)13-8/h5,15H,4H2,1-3H3,(H2,10,11,12,13). The van der Waals surface area contributed by atoms with Crippen LogP contribution in [0.3, 0.4) is 0 Å². The van der Waals surface area contributed by atoms with Gasteiger partial charge in [0.05, 0.1) is 11.0 Å². The fourth-order valence-electron chi connectivity index (χ4n) is 1.27. The molecule has 1 aromatic rings. The fourth-order valence-corrected chi connectivity index (χ4v) is 1.27. The molecule has 3 N–H and O–H groups in total. The molecule has 0 fully saturated rings. The van der Waals surface area contributed by atoms with Crippen LogP contribution in [0.5, 0.6) is 0 Å². The molecule has 0 amide bonds. The highest BCUT2D eigenvalue weighted by atomic mass is 16.6.